The first kappa shape index (κ1) is 22.3. The van der Waals surface area contributed by atoms with E-state index in [0.29, 0.717) is 0 Å². The molecule has 4 aromatic carbocycles. The quantitative estimate of drug-likeness (QED) is 0.258. The van der Waals surface area contributed by atoms with E-state index < -0.39 is 0 Å². The Labute approximate surface area is 212 Å². The van der Waals surface area contributed by atoms with Crippen LogP contribution in [-0.4, -0.2) is 4.98 Å². The fourth-order valence-corrected chi connectivity index (χ4v) is 5.01. The highest BCUT2D eigenvalue weighted by Gasteiger charge is 2.16. The van der Waals surface area contributed by atoms with Crippen LogP contribution in [0, 0.1) is 5.41 Å². The van der Waals surface area contributed by atoms with Crippen molar-refractivity contribution in [1.82, 2.24) is 4.98 Å². The topological polar surface area (TPSA) is 26.0 Å². The zero-order valence-electron chi connectivity index (χ0n) is 21.0. The number of para-hydroxylation sites is 1. The van der Waals surface area contributed by atoms with E-state index in [1.165, 1.54) is 22.3 Å². The van der Waals surface area contributed by atoms with Crippen LogP contribution in [0.1, 0.15) is 26.3 Å². The summed E-state index contributed by atoms with van der Waals surface area (Å²) in [6.45, 7) is 6.79. The standard InChI is InChI=1S/C34H29NO/c1-34(2,3)22-23-18-19-35-31(20-23)30-11-7-10-29-28-17-16-27(21-32(28)36-33(29)30)26-14-12-25(13-15-26)24-8-5-4-6-9-24/h4-21H,22H2,1-3H3. The summed E-state index contributed by atoms with van der Waals surface area (Å²) in [5, 5.41) is 2.25. The van der Waals surface area contributed by atoms with E-state index in [1.807, 2.05) is 12.3 Å². The van der Waals surface area contributed by atoms with Gasteiger partial charge >= 0.3 is 0 Å². The average Bonchev–Trinajstić information content (AvgIpc) is 3.26. The lowest BCUT2D eigenvalue weighted by Gasteiger charge is -2.18. The first-order chi connectivity index (χ1) is 17.4. The molecular weight excluding hydrogens is 438 g/mol. The van der Waals surface area contributed by atoms with Crippen LogP contribution in [0.5, 0.6) is 0 Å². The fourth-order valence-electron chi connectivity index (χ4n) is 5.01. The van der Waals surface area contributed by atoms with E-state index in [4.69, 9.17) is 9.40 Å². The normalized spacial score (nSPS) is 11.9. The molecule has 0 atom stereocenters. The van der Waals surface area contributed by atoms with E-state index in [1.54, 1.807) is 0 Å². The summed E-state index contributed by atoms with van der Waals surface area (Å²) in [5.74, 6) is 0. The molecule has 0 N–H and O–H groups in total. The van der Waals surface area contributed by atoms with Gasteiger partial charge in [0.2, 0.25) is 0 Å². The van der Waals surface area contributed by atoms with Gasteiger partial charge in [-0.25, -0.2) is 0 Å². The minimum atomic E-state index is 0.222. The fraction of sp³-hybridized carbons (Fsp3) is 0.147. The molecule has 0 aliphatic heterocycles. The zero-order valence-corrected chi connectivity index (χ0v) is 21.0. The minimum Gasteiger partial charge on any atom is -0.455 e. The molecule has 0 amide bonds. The van der Waals surface area contributed by atoms with Crippen molar-refractivity contribution < 1.29 is 4.42 Å². The molecular formula is C34H29NO. The summed E-state index contributed by atoms with van der Waals surface area (Å²) in [6.07, 6.45) is 2.92. The summed E-state index contributed by atoms with van der Waals surface area (Å²) in [4.78, 5) is 4.70. The third-order valence-electron chi connectivity index (χ3n) is 6.66. The monoisotopic (exact) mass is 467 g/mol. The maximum atomic E-state index is 6.49. The third-order valence-corrected chi connectivity index (χ3v) is 6.66. The van der Waals surface area contributed by atoms with Crippen LogP contribution < -0.4 is 0 Å². The Morgan fingerprint density at radius 1 is 0.639 bits per heavy atom. The second-order valence-corrected chi connectivity index (χ2v) is 10.7. The Morgan fingerprint density at radius 3 is 2.08 bits per heavy atom. The van der Waals surface area contributed by atoms with Crippen LogP contribution in [0.3, 0.4) is 0 Å². The van der Waals surface area contributed by atoms with E-state index >= 15 is 0 Å². The van der Waals surface area contributed by atoms with Gasteiger partial charge in [-0.15, -0.1) is 0 Å². The number of nitrogens with zero attached hydrogens (tertiary/aromatic N) is 1. The molecule has 176 valence electrons. The van der Waals surface area contributed by atoms with E-state index in [-0.39, 0.29) is 5.41 Å². The van der Waals surface area contributed by atoms with Crippen molar-refractivity contribution in [1.29, 1.82) is 0 Å². The van der Waals surface area contributed by atoms with Crippen molar-refractivity contribution in [3.8, 4) is 33.5 Å². The number of hydrogen-bond donors (Lipinski definition) is 0. The van der Waals surface area contributed by atoms with Crippen molar-refractivity contribution in [3.63, 3.8) is 0 Å². The predicted molar refractivity (Wildman–Crippen MR) is 151 cm³/mol. The van der Waals surface area contributed by atoms with Crippen molar-refractivity contribution in [2.75, 3.05) is 0 Å². The molecule has 6 aromatic rings. The SMILES string of the molecule is CC(C)(C)Cc1ccnc(-c2cccc3c2oc2cc(-c4ccc(-c5ccccc5)cc4)ccc23)c1. The summed E-state index contributed by atoms with van der Waals surface area (Å²) in [7, 11) is 0. The summed E-state index contributed by atoms with van der Waals surface area (Å²) in [6, 6.07) is 36.4. The van der Waals surface area contributed by atoms with Crippen LogP contribution in [0.2, 0.25) is 0 Å². The largest absolute Gasteiger partial charge is 0.455 e. The molecule has 2 nitrogen and oxygen atoms in total. The molecule has 0 aliphatic carbocycles. The zero-order chi connectivity index (χ0) is 24.7. The maximum Gasteiger partial charge on any atom is 0.144 e. The van der Waals surface area contributed by atoms with Crippen LogP contribution in [-0.2, 0) is 6.42 Å². The molecule has 2 heterocycles. The lowest BCUT2D eigenvalue weighted by Crippen LogP contribution is -2.09. The summed E-state index contributed by atoms with van der Waals surface area (Å²) < 4.78 is 6.49. The van der Waals surface area contributed by atoms with Crippen LogP contribution >= 0.6 is 0 Å². The molecule has 0 fully saturated rings. The molecule has 6 rings (SSSR count). The van der Waals surface area contributed by atoms with Gasteiger partial charge in [-0.05, 0) is 70.0 Å². The number of benzene rings is 4. The third kappa shape index (κ3) is 4.31. The lowest BCUT2D eigenvalue weighted by molar-refractivity contribution is 0.411. The predicted octanol–water partition coefficient (Wildman–Crippen LogP) is 9.57. The van der Waals surface area contributed by atoms with Crippen molar-refractivity contribution >= 4 is 21.9 Å². The molecule has 0 saturated carbocycles. The van der Waals surface area contributed by atoms with Gasteiger partial charge in [0.05, 0.1) is 5.69 Å². The molecule has 0 bridgehead atoms. The van der Waals surface area contributed by atoms with Crippen molar-refractivity contribution in [2.24, 2.45) is 5.41 Å². The second kappa shape index (κ2) is 8.80. The van der Waals surface area contributed by atoms with Crippen molar-refractivity contribution in [3.05, 3.63) is 115 Å². The van der Waals surface area contributed by atoms with Gasteiger partial charge in [0.25, 0.3) is 0 Å². The maximum absolute atomic E-state index is 6.49. The average molecular weight is 468 g/mol. The minimum absolute atomic E-state index is 0.222. The van der Waals surface area contributed by atoms with Gasteiger partial charge in [-0.2, -0.15) is 0 Å². The van der Waals surface area contributed by atoms with Crippen molar-refractivity contribution in [2.45, 2.75) is 27.2 Å². The Kier molecular flexibility index (Phi) is 5.45. The van der Waals surface area contributed by atoms with Gasteiger partial charge in [0.1, 0.15) is 11.2 Å². The van der Waals surface area contributed by atoms with E-state index in [2.05, 4.69) is 118 Å². The highest BCUT2D eigenvalue weighted by Crippen LogP contribution is 2.37. The molecule has 0 unspecified atom stereocenters. The molecule has 0 aliphatic rings. The first-order valence-electron chi connectivity index (χ1n) is 12.5. The number of hydrogen-bond acceptors (Lipinski definition) is 2. The lowest BCUT2D eigenvalue weighted by atomic mass is 9.88. The first-order valence-corrected chi connectivity index (χ1v) is 12.5. The molecule has 0 spiro atoms. The highest BCUT2D eigenvalue weighted by atomic mass is 16.3. The van der Waals surface area contributed by atoms with E-state index in [9.17, 15) is 0 Å². The number of furan rings is 1. The van der Waals surface area contributed by atoms with Gasteiger partial charge in [-0.3, -0.25) is 4.98 Å². The van der Waals surface area contributed by atoms with Gasteiger partial charge < -0.3 is 4.42 Å². The second-order valence-electron chi connectivity index (χ2n) is 10.7. The molecule has 0 saturated heterocycles. The Bertz CT molecular complexity index is 1670. The van der Waals surface area contributed by atoms with Gasteiger partial charge in [0.15, 0.2) is 0 Å². The smallest absolute Gasteiger partial charge is 0.144 e. The molecule has 2 aromatic heterocycles. The molecule has 0 radical (unpaired) electrons. The number of rotatable bonds is 4. The van der Waals surface area contributed by atoms with E-state index in [0.717, 1.165) is 45.2 Å². The van der Waals surface area contributed by atoms with Crippen LogP contribution in [0.4, 0.5) is 0 Å². The number of aromatic nitrogens is 1. The number of fused-ring (bicyclic) bond motifs is 3. The van der Waals surface area contributed by atoms with Crippen LogP contribution in [0.25, 0.3) is 55.4 Å². The Hall–Kier alpha value is -4.17. The number of pyridine rings is 1. The molecule has 2 heteroatoms. The summed E-state index contributed by atoms with van der Waals surface area (Å²) >= 11 is 0. The Morgan fingerprint density at radius 2 is 1.33 bits per heavy atom. The van der Waals surface area contributed by atoms with Gasteiger partial charge in [0, 0.05) is 22.5 Å². The Balaban J connectivity index is 1.39. The summed E-state index contributed by atoms with van der Waals surface area (Å²) in [5.41, 5.74) is 10.1. The van der Waals surface area contributed by atoms with Gasteiger partial charge in [-0.1, -0.05) is 93.6 Å². The molecule has 36 heavy (non-hydrogen) atoms. The van der Waals surface area contributed by atoms with Crippen LogP contribution in [0.15, 0.2) is 114 Å². The highest BCUT2D eigenvalue weighted by molar-refractivity contribution is 6.10.